The van der Waals surface area contributed by atoms with Crippen LogP contribution in [0.4, 0.5) is 6.01 Å². The van der Waals surface area contributed by atoms with Crippen molar-refractivity contribution in [2.45, 2.75) is 31.6 Å². The summed E-state index contributed by atoms with van der Waals surface area (Å²) in [6.07, 6.45) is 1.14. The molecule has 32 heavy (non-hydrogen) atoms. The Labute approximate surface area is 191 Å². The highest BCUT2D eigenvalue weighted by molar-refractivity contribution is 7.89. The fourth-order valence-corrected chi connectivity index (χ4v) is 5.42. The van der Waals surface area contributed by atoms with Crippen molar-refractivity contribution in [3.63, 3.8) is 0 Å². The van der Waals surface area contributed by atoms with Crippen LogP contribution in [0.15, 0.2) is 51.8 Å². The van der Waals surface area contributed by atoms with E-state index in [1.807, 2.05) is 32.0 Å². The third-order valence-electron chi connectivity index (χ3n) is 5.47. The van der Waals surface area contributed by atoms with E-state index in [4.69, 9.17) is 16.0 Å². The number of benzene rings is 2. The molecule has 0 saturated carbocycles. The standard InChI is InChI=1S/C22H23ClN4O4S/c1-14-5-10-19(15(2)12-14)21-25-26-22(31-21)24-20(28)16-4-3-11-27(13-16)32(29,30)18-8-6-17(23)7-9-18/h5-10,12,16H,3-4,11,13H2,1-2H3,(H,24,26,28). The molecule has 168 valence electrons. The van der Waals surface area contributed by atoms with Crippen molar-refractivity contribution in [3.8, 4) is 11.5 Å². The summed E-state index contributed by atoms with van der Waals surface area (Å²) >= 11 is 5.86. The molecule has 1 aliphatic heterocycles. The van der Waals surface area contributed by atoms with Crippen molar-refractivity contribution >= 4 is 33.5 Å². The SMILES string of the molecule is Cc1ccc(-c2nnc(NC(=O)C3CCCN(S(=O)(=O)c4ccc(Cl)cc4)C3)o2)c(C)c1. The normalized spacial score (nSPS) is 17.3. The van der Waals surface area contributed by atoms with Crippen molar-refractivity contribution in [2.24, 2.45) is 5.92 Å². The smallest absolute Gasteiger partial charge is 0.322 e. The van der Waals surface area contributed by atoms with Gasteiger partial charge in [-0.05, 0) is 62.6 Å². The fraction of sp³-hybridized carbons (Fsp3) is 0.318. The van der Waals surface area contributed by atoms with Crippen LogP contribution in [0.1, 0.15) is 24.0 Å². The van der Waals surface area contributed by atoms with E-state index in [1.54, 1.807) is 0 Å². The van der Waals surface area contributed by atoms with E-state index in [9.17, 15) is 13.2 Å². The van der Waals surface area contributed by atoms with E-state index in [-0.39, 0.29) is 23.4 Å². The van der Waals surface area contributed by atoms with Crippen LogP contribution in [0.3, 0.4) is 0 Å². The maximum atomic E-state index is 13.0. The zero-order valence-corrected chi connectivity index (χ0v) is 19.3. The zero-order chi connectivity index (χ0) is 22.9. The van der Waals surface area contributed by atoms with Gasteiger partial charge in [-0.3, -0.25) is 10.1 Å². The van der Waals surface area contributed by atoms with E-state index >= 15 is 0 Å². The van der Waals surface area contributed by atoms with Crippen LogP contribution in [0.2, 0.25) is 5.02 Å². The Bertz CT molecular complexity index is 1240. The van der Waals surface area contributed by atoms with Gasteiger partial charge >= 0.3 is 6.01 Å². The van der Waals surface area contributed by atoms with Gasteiger partial charge in [0.05, 0.1) is 10.8 Å². The highest BCUT2D eigenvalue weighted by atomic mass is 35.5. The highest BCUT2D eigenvalue weighted by Crippen LogP contribution is 2.27. The lowest BCUT2D eigenvalue weighted by Crippen LogP contribution is -2.43. The molecule has 1 aliphatic rings. The number of rotatable bonds is 5. The average Bonchev–Trinajstić information content (AvgIpc) is 3.22. The van der Waals surface area contributed by atoms with E-state index in [0.29, 0.717) is 30.3 Å². The van der Waals surface area contributed by atoms with Gasteiger partial charge in [-0.25, -0.2) is 8.42 Å². The summed E-state index contributed by atoms with van der Waals surface area (Å²) in [6, 6.07) is 11.8. The zero-order valence-electron chi connectivity index (χ0n) is 17.7. The van der Waals surface area contributed by atoms with Crippen molar-refractivity contribution in [1.29, 1.82) is 0 Å². The minimum atomic E-state index is -3.72. The number of sulfonamides is 1. The molecule has 1 atom stereocenters. The third-order valence-corrected chi connectivity index (χ3v) is 7.61. The first-order chi connectivity index (χ1) is 15.2. The van der Waals surface area contributed by atoms with E-state index in [1.165, 1.54) is 28.6 Å². The Morgan fingerprint density at radius 2 is 1.91 bits per heavy atom. The summed E-state index contributed by atoms with van der Waals surface area (Å²) in [5.41, 5.74) is 2.90. The van der Waals surface area contributed by atoms with Gasteiger partial charge in [-0.2, -0.15) is 4.31 Å². The number of piperidine rings is 1. The number of amides is 1. The number of halogens is 1. The van der Waals surface area contributed by atoms with Crippen molar-refractivity contribution in [3.05, 3.63) is 58.6 Å². The van der Waals surface area contributed by atoms with Crippen LogP contribution in [0.25, 0.3) is 11.5 Å². The Kier molecular flexibility index (Phi) is 6.32. The van der Waals surface area contributed by atoms with E-state index < -0.39 is 15.9 Å². The Morgan fingerprint density at radius 1 is 1.16 bits per heavy atom. The van der Waals surface area contributed by atoms with E-state index in [0.717, 1.165) is 16.7 Å². The Morgan fingerprint density at radius 3 is 2.62 bits per heavy atom. The molecule has 1 unspecified atom stereocenters. The van der Waals surface area contributed by atoms with Gasteiger partial charge in [-0.1, -0.05) is 34.4 Å². The maximum Gasteiger partial charge on any atom is 0.322 e. The molecule has 2 heterocycles. The molecule has 1 fully saturated rings. The highest BCUT2D eigenvalue weighted by Gasteiger charge is 2.33. The molecular formula is C22H23ClN4O4S. The Balaban J connectivity index is 1.45. The second-order valence-electron chi connectivity index (χ2n) is 7.88. The molecule has 0 bridgehead atoms. The van der Waals surface area contributed by atoms with Crippen molar-refractivity contribution in [1.82, 2.24) is 14.5 Å². The number of carbonyl (C=O) groups is 1. The number of nitrogens with zero attached hydrogens (tertiary/aromatic N) is 3. The minimum Gasteiger partial charge on any atom is -0.403 e. The lowest BCUT2D eigenvalue weighted by Gasteiger charge is -2.30. The van der Waals surface area contributed by atoms with Gasteiger partial charge in [0.15, 0.2) is 0 Å². The summed E-state index contributed by atoms with van der Waals surface area (Å²) in [6.45, 7) is 4.38. The minimum absolute atomic E-state index is 0.0114. The Hall–Kier alpha value is -2.75. The number of hydrogen-bond donors (Lipinski definition) is 1. The van der Waals surface area contributed by atoms with Crippen molar-refractivity contribution in [2.75, 3.05) is 18.4 Å². The summed E-state index contributed by atoms with van der Waals surface area (Å²) in [4.78, 5) is 13.0. The lowest BCUT2D eigenvalue weighted by atomic mass is 9.99. The van der Waals surface area contributed by atoms with Gasteiger partial charge in [0.1, 0.15) is 0 Å². The first-order valence-corrected chi connectivity index (χ1v) is 12.0. The largest absolute Gasteiger partial charge is 0.403 e. The molecule has 0 radical (unpaired) electrons. The molecule has 2 aromatic carbocycles. The monoisotopic (exact) mass is 474 g/mol. The average molecular weight is 475 g/mol. The number of anilines is 1. The molecular weight excluding hydrogens is 452 g/mol. The molecule has 10 heteroatoms. The number of nitrogens with one attached hydrogen (secondary N) is 1. The third kappa shape index (κ3) is 4.69. The van der Waals surface area contributed by atoms with Crippen LogP contribution in [0.5, 0.6) is 0 Å². The van der Waals surface area contributed by atoms with Crippen LogP contribution < -0.4 is 5.32 Å². The molecule has 1 saturated heterocycles. The van der Waals surface area contributed by atoms with Crippen molar-refractivity contribution < 1.29 is 17.6 Å². The summed E-state index contributed by atoms with van der Waals surface area (Å²) < 4.78 is 32.9. The van der Waals surface area contributed by atoms with Gasteiger partial charge in [0.25, 0.3) is 0 Å². The van der Waals surface area contributed by atoms with Crippen LogP contribution >= 0.6 is 11.6 Å². The predicted octanol–water partition coefficient (Wildman–Crippen LogP) is 4.05. The summed E-state index contributed by atoms with van der Waals surface area (Å²) in [5.74, 6) is -0.562. The predicted molar refractivity (Wildman–Crippen MR) is 121 cm³/mol. The molecule has 0 aliphatic carbocycles. The van der Waals surface area contributed by atoms with Crippen LogP contribution in [0, 0.1) is 19.8 Å². The number of carbonyl (C=O) groups excluding carboxylic acids is 1. The maximum absolute atomic E-state index is 13.0. The second kappa shape index (κ2) is 9.01. The second-order valence-corrected chi connectivity index (χ2v) is 10.3. The molecule has 3 aromatic rings. The number of hydrogen-bond acceptors (Lipinski definition) is 6. The first kappa shape index (κ1) is 22.4. The molecule has 4 rings (SSSR count). The number of aryl methyl sites for hydroxylation is 2. The summed E-state index contributed by atoms with van der Waals surface area (Å²) in [7, 11) is -3.72. The molecule has 1 N–H and O–H groups in total. The lowest BCUT2D eigenvalue weighted by molar-refractivity contribution is -0.121. The molecule has 1 amide bonds. The molecule has 0 spiro atoms. The van der Waals surface area contributed by atoms with Gasteiger partial charge < -0.3 is 4.42 Å². The fourth-order valence-electron chi connectivity index (χ4n) is 3.77. The topological polar surface area (TPSA) is 105 Å². The van der Waals surface area contributed by atoms with E-state index in [2.05, 4.69) is 15.5 Å². The first-order valence-electron chi connectivity index (χ1n) is 10.2. The molecule has 1 aromatic heterocycles. The summed E-state index contributed by atoms with van der Waals surface area (Å²) in [5, 5.41) is 11.0. The molecule has 8 nitrogen and oxygen atoms in total. The van der Waals surface area contributed by atoms with Gasteiger partial charge in [0, 0.05) is 23.7 Å². The number of aromatic nitrogens is 2. The van der Waals surface area contributed by atoms with Gasteiger partial charge in [0.2, 0.25) is 21.8 Å². The quantitative estimate of drug-likeness (QED) is 0.598. The van der Waals surface area contributed by atoms with Gasteiger partial charge in [-0.15, -0.1) is 5.10 Å². The van der Waals surface area contributed by atoms with Crippen LogP contribution in [-0.2, 0) is 14.8 Å². The van der Waals surface area contributed by atoms with Crippen LogP contribution in [-0.4, -0.2) is 41.9 Å².